The lowest BCUT2D eigenvalue weighted by atomic mass is 10.1. The van der Waals surface area contributed by atoms with Gasteiger partial charge in [-0.3, -0.25) is 4.90 Å². The second-order valence-electron chi connectivity index (χ2n) is 4.97. The highest BCUT2D eigenvalue weighted by atomic mass is 32.1. The van der Waals surface area contributed by atoms with E-state index in [0.717, 1.165) is 12.0 Å². The molecule has 1 aliphatic heterocycles. The van der Waals surface area contributed by atoms with Crippen molar-refractivity contribution >= 4 is 11.3 Å². The SMILES string of the molecule is c1csc(C2CCC(N3CCNCC3)C2)c1. The van der Waals surface area contributed by atoms with Crippen molar-refractivity contribution in [3.63, 3.8) is 0 Å². The van der Waals surface area contributed by atoms with Gasteiger partial charge in [-0.2, -0.15) is 0 Å². The standard InChI is InChI=1S/C13H20N2S/c1-2-13(16-9-1)11-3-4-12(10-11)15-7-5-14-6-8-15/h1-2,9,11-12,14H,3-8,10H2. The van der Waals surface area contributed by atoms with E-state index in [1.165, 1.54) is 45.4 Å². The summed E-state index contributed by atoms with van der Waals surface area (Å²) in [4.78, 5) is 4.31. The van der Waals surface area contributed by atoms with Gasteiger partial charge in [0.05, 0.1) is 0 Å². The quantitative estimate of drug-likeness (QED) is 0.847. The number of nitrogens with one attached hydrogen (secondary N) is 1. The Balaban J connectivity index is 1.60. The van der Waals surface area contributed by atoms with E-state index in [0.29, 0.717) is 0 Å². The van der Waals surface area contributed by atoms with Crippen LogP contribution in [0.25, 0.3) is 0 Å². The highest BCUT2D eigenvalue weighted by molar-refractivity contribution is 7.10. The molecule has 1 saturated heterocycles. The molecule has 2 nitrogen and oxygen atoms in total. The summed E-state index contributed by atoms with van der Waals surface area (Å²) in [5, 5.41) is 5.65. The molecular weight excluding hydrogens is 216 g/mol. The lowest BCUT2D eigenvalue weighted by molar-refractivity contribution is 0.174. The van der Waals surface area contributed by atoms with Crippen LogP contribution in [-0.2, 0) is 0 Å². The van der Waals surface area contributed by atoms with Crippen LogP contribution < -0.4 is 5.32 Å². The van der Waals surface area contributed by atoms with Gasteiger partial charge in [-0.15, -0.1) is 11.3 Å². The Bertz CT molecular complexity index is 317. The van der Waals surface area contributed by atoms with Gasteiger partial charge in [-0.05, 0) is 36.6 Å². The van der Waals surface area contributed by atoms with Gasteiger partial charge < -0.3 is 5.32 Å². The molecule has 16 heavy (non-hydrogen) atoms. The van der Waals surface area contributed by atoms with Gasteiger partial charge >= 0.3 is 0 Å². The predicted octanol–water partition coefficient (Wildman–Crippen LogP) is 2.29. The molecule has 1 N–H and O–H groups in total. The smallest absolute Gasteiger partial charge is 0.0110 e. The monoisotopic (exact) mass is 236 g/mol. The fourth-order valence-corrected chi connectivity index (χ4v) is 4.00. The molecule has 1 aromatic heterocycles. The van der Waals surface area contributed by atoms with Crippen molar-refractivity contribution in [3.8, 4) is 0 Å². The molecule has 1 aliphatic carbocycles. The Morgan fingerprint density at radius 3 is 2.88 bits per heavy atom. The largest absolute Gasteiger partial charge is 0.314 e. The van der Waals surface area contributed by atoms with Gasteiger partial charge in [0.15, 0.2) is 0 Å². The normalized spacial score (nSPS) is 32.0. The molecule has 0 spiro atoms. The minimum Gasteiger partial charge on any atom is -0.314 e. The Labute approximate surface area is 102 Å². The number of nitrogens with zero attached hydrogens (tertiary/aromatic N) is 1. The third kappa shape index (κ3) is 2.17. The maximum absolute atomic E-state index is 3.44. The first-order valence-corrected chi connectivity index (χ1v) is 7.29. The number of rotatable bonds is 2. The van der Waals surface area contributed by atoms with Crippen molar-refractivity contribution in [2.45, 2.75) is 31.2 Å². The molecule has 88 valence electrons. The molecule has 2 aliphatic rings. The van der Waals surface area contributed by atoms with Gasteiger partial charge in [-0.25, -0.2) is 0 Å². The summed E-state index contributed by atoms with van der Waals surface area (Å²) in [6.07, 6.45) is 4.19. The van der Waals surface area contributed by atoms with E-state index in [-0.39, 0.29) is 0 Å². The molecule has 0 amide bonds. The Morgan fingerprint density at radius 2 is 2.12 bits per heavy atom. The molecule has 0 radical (unpaired) electrons. The van der Waals surface area contributed by atoms with Crippen LogP contribution in [0.15, 0.2) is 17.5 Å². The molecule has 2 heterocycles. The Hall–Kier alpha value is -0.380. The maximum Gasteiger partial charge on any atom is 0.0110 e. The first-order chi connectivity index (χ1) is 7.93. The molecule has 3 rings (SSSR count). The van der Waals surface area contributed by atoms with E-state index < -0.39 is 0 Å². The third-order valence-corrected chi connectivity index (χ3v) is 5.05. The van der Waals surface area contributed by atoms with Gasteiger partial charge in [0, 0.05) is 37.1 Å². The third-order valence-electron chi connectivity index (χ3n) is 4.02. The lowest BCUT2D eigenvalue weighted by Gasteiger charge is -2.32. The van der Waals surface area contributed by atoms with Crippen molar-refractivity contribution in [3.05, 3.63) is 22.4 Å². The highest BCUT2D eigenvalue weighted by Gasteiger charge is 2.30. The zero-order valence-corrected chi connectivity index (χ0v) is 10.5. The van der Waals surface area contributed by atoms with Crippen LogP contribution >= 0.6 is 11.3 Å². The number of hydrogen-bond donors (Lipinski definition) is 1. The number of thiophene rings is 1. The predicted molar refractivity (Wildman–Crippen MR) is 69.1 cm³/mol. The van der Waals surface area contributed by atoms with Crippen molar-refractivity contribution in [1.82, 2.24) is 10.2 Å². The fraction of sp³-hybridized carbons (Fsp3) is 0.692. The first kappa shape index (κ1) is 10.8. The molecule has 2 atom stereocenters. The van der Waals surface area contributed by atoms with Gasteiger partial charge in [-0.1, -0.05) is 6.07 Å². The van der Waals surface area contributed by atoms with E-state index in [2.05, 4.69) is 27.7 Å². The van der Waals surface area contributed by atoms with Gasteiger partial charge in [0.1, 0.15) is 0 Å². The van der Waals surface area contributed by atoms with E-state index >= 15 is 0 Å². The Kier molecular flexibility index (Phi) is 3.27. The fourth-order valence-electron chi connectivity index (χ4n) is 3.12. The van der Waals surface area contributed by atoms with Crippen LogP contribution in [0.3, 0.4) is 0 Å². The van der Waals surface area contributed by atoms with E-state index in [1.54, 1.807) is 4.88 Å². The van der Waals surface area contributed by atoms with E-state index in [9.17, 15) is 0 Å². The summed E-state index contributed by atoms with van der Waals surface area (Å²) >= 11 is 1.94. The van der Waals surface area contributed by atoms with Crippen molar-refractivity contribution in [2.75, 3.05) is 26.2 Å². The van der Waals surface area contributed by atoms with Crippen molar-refractivity contribution in [2.24, 2.45) is 0 Å². The number of hydrogen-bond acceptors (Lipinski definition) is 3. The summed E-state index contributed by atoms with van der Waals surface area (Å²) < 4.78 is 0. The van der Waals surface area contributed by atoms with Crippen LogP contribution in [0.1, 0.15) is 30.1 Å². The average Bonchev–Trinajstić information content (AvgIpc) is 3.01. The van der Waals surface area contributed by atoms with Crippen LogP contribution in [0.2, 0.25) is 0 Å². The molecule has 0 aromatic carbocycles. The van der Waals surface area contributed by atoms with Crippen molar-refractivity contribution < 1.29 is 0 Å². The average molecular weight is 236 g/mol. The molecule has 1 saturated carbocycles. The van der Waals surface area contributed by atoms with Crippen LogP contribution in [0.5, 0.6) is 0 Å². The Morgan fingerprint density at radius 1 is 1.25 bits per heavy atom. The summed E-state index contributed by atoms with van der Waals surface area (Å²) in [7, 11) is 0. The van der Waals surface area contributed by atoms with Crippen LogP contribution in [0.4, 0.5) is 0 Å². The molecule has 1 aromatic rings. The summed E-state index contributed by atoms with van der Waals surface area (Å²) in [5.74, 6) is 0.847. The maximum atomic E-state index is 3.44. The van der Waals surface area contributed by atoms with Crippen molar-refractivity contribution in [1.29, 1.82) is 0 Å². The van der Waals surface area contributed by atoms with Gasteiger partial charge in [0.25, 0.3) is 0 Å². The molecular formula is C13H20N2S. The topological polar surface area (TPSA) is 15.3 Å². The summed E-state index contributed by atoms with van der Waals surface area (Å²) in [6, 6.07) is 5.36. The second-order valence-corrected chi connectivity index (χ2v) is 5.94. The summed E-state index contributed by atoms with van der Waals surface area (Å²) in [6.45, 7) is 4.87. The molecule has 3 heteroatoms. The molecule has 0 bridgehead atoms. The van der Waals surface area contributed by atoms with Crippen LogP contribution in [-0.4, -0.2) is 37.1 Å². The molecule has 2 unspecified atom stereocenters. The zero-order chi connectivity index (χ0) is 10.8. The van der Waals surface area contributed by atoms with Crippen LogP contribution in [0, 0.1) is 0 Å². The van der Waals surface area contributed by atoms with E-state index in [4.69, 9.17) is 0 Å². The first-order valence-electron chi connectivity index (χ1n) is 6.41. The lowest BCUT2D eigenvalue weighted by Crippen LogP contribution is -2.47. The second kappa shape index (κ2) is 4.86. The highest BCUT2D eigenvalue weighted by Crippen LogP contribution is 2.38. The minimum atomic E-state index is 0.847. The zero-order valence-electron chi connectivity index (χ0n) is 9.69. The molecule has 2 fully saturated rings. The van der Waals surface area contributed by atoms with E-state index in [1.807, 2.05) is 11.3 Å². The minimum absolute atomic E-state index is 0.847. The number of piperazine rings is 1. The van der Waals surface area contributed by atoms with Gasteiger partial charge in [0.2, 0.25) is 0 Å². The summed E-state index contributed by atoms with van der Waals surface area (Å²) in [5.41, 5.74) is 0.